The molecule has 2 N–H and O–H groups in total. The van der Waals surface area contributed by atoms with Crippen molar-refractivity contribution in [1.29, 1.82) is 0 Å². The summed E-state index contributed by atoms with van der Waals surface area (Å²) in [5, 5.41) is 0. The summed E-state index contributed by atoms with van der Waals surface area (Å²) in [5.41, 5.74) is 4.98. The standard InChI is InChI=1S/C23H32N2O4S2/c1-14-7-16(3)22(17(4)8-14)30(26,27)24-12-20-11-21(20)13-25-31(28,29)23-18(5)9-15(2)10-19(23)6/h7-10,20-21,24-25H,11-13H2,1-6H3/t20-,21-/m0/s1. The van der Waals surface area contributed by atoms with Crippen LogP contribution in [0, 0.1) is 53.4 Å². The maximum absolute atomic E-state index is 12.8. The molecule has 1 aliphatic rings. The van der Waals surface area contributed by atoms with Crippen molar-refractivity contribution in [3.05, 3.63) is 57.6 Å². The Morgan fingerprint density at radius 3 is 1.23 bits per heavy atom. The molecule has 0 saturated heterocycles. The summed E-state index contributed by atoms with van der Waals surface area (Å²) in [7, 11) is -7.21. The van der Waals surface area contributed by atoms with Gasteiger partial charge in [-0.05, 0) is 82.1 Å². The molecule has 6 nitrogen and oxygen atoms in total. The van der Waals surface area contributed by atoms with Gasteiger partial charge in [0.25, 0.3) is 0 Å². The van der Waals surface area contributed by atoms with Crippen LogP contribution in [-0.4, -0.2) is 29.9 Å². The van der Waals surface area contributed by atoms with Crippen molar-refractivity contribution in [2.45, 2.75) is 57.8 Å². The molecule has 0 amide bonds. The lowest BCUT2D eigenvalue weighted by Gasteiger charge is -2.14. The summed E-state index contributed by atoms with van der Waals surface area (Å²) in [6, 6.07) is 7.47. The van der Waals surface area contributed by atoms with E-state index in [-0.39, 0.29) is 11.8 Å². The molecule has 1 aliphatic carbocycles. The highest BCUT2D eigenvalue weighted by atomic mass is 32.2. The van der Waals surface area contributed by atoms with Crippen molar-refractivity contribution >= 4 is 20.0 Å². The van der Waals surface area contributed by atoms with Crippen molar-refractivity contribution in [2.24, 2.45) is 11.8 Å². The molecule has 0 unspecified atom stereocenters. The molecule has 0 aliphatic heterocycles. The van der Waals surface area contributed by atoms with Crippen LogP contribution in [0.5, 0.6) is 0 Å². The van der Waals surface area contributed by atoms with E-state index in [0.717, 1.165) is 39.8 Å². The normalized spacial score (nSPS) is 18.9. The Hall–Kier alpha value is -1.74. The van der Waals surface area contributed by atoms with Gasteiger partial charge in [-0.1, -0.05) is 35.4 Å². The van der Waals surface area contributed by atoms with E-state index < -0.39 is 20.0 Å². The Kier molecular flexibility index (Phi) is 6.68. The molecule has 0 spiro atoms. The number of hydrogen-bond donors (Lipinski definition) is 2. The zero-order chi connectivity index (χ0) is 23.1. The van der Waals surface area contributed by atoms with Gasteiger partial charge in [-0.15, -0.1) is 0 Å². The third-order valence-electron chi connectivity index (χ3n) is 5.89. The van der Waals surface area contributed by atoms with Crippen LogP contribution < -0.4 is 9.44 Å². The van der Waals surface area contributed by atoms with E-state index in [4.69, 9.17) is 0 Å². The Bertz CT molecular complexity index is 1080. The fourth-order valence-electron chi connectivity index (χ4n) is 4.57. The number of hydrogen-bond acceptors (Lipinski definition) is 4. The molecule has 2 atom stereocenters. The first-order chi connectivity index (χ1) is 14.3. The van der Waals surface area contributed by atoms with Gasteiger partial charge in [-0.25, -0.2) is 26.3 Å². The summed E-state index contributed by atoms with van der Waals surface area (Å²) in [6.45, 7) is 11.7. The quantitative estimate of drug-likeness (QED) is 0.626. The zero-order valence-corrected chi connectivity index (χ0v) is 20.7. The van der Waals surface area contributed by atoms with Gasteiger partial charge in [0.05, 0.1) is 9.79 Å². The van der Waals surface area contributed by atoms with E-state index >= 15 is 0 Å². The van der Waals surface area contributed by atoms with E-state index in [1.165, 1.54) is 0 Å². The lowest BCUT2D eigenvalue weighted by molar-refractivity contribution is 0.560. The number of benzene rings is 2. The van der Waals surface area contributed by atoms with Crippen LogP contribution >= 0.6 is 0 Å². The minimum atomic E-state index is -3.61. The van der Waals surface area contributed by atoms with Crippen LogP contribution in [0.15, 0.2) is 34.1 Å². The second-order valence-corrected chi connectivity index (χ2v) is 12.3. The minimum Gasteiger partial charge on any atom is -0.211 e. The molecule has 3 rings (SSSR count). The van der Waals surface area contributed by atoms with Crippen molar-refractivity contribution in [1.82, 2.24) is 9.44 Å². The molecular formula is C23H32N2O4S2. The monoisotopic (exact) mass is 464 g/mol. The average Bonchev–Trinajstić information content (AvgIpc) is 3.34. The van der Waals surface area contributed by atoms with Gasteiger partial charge < -0.3 is 0 Å². The third kappa shape index (κ3) is 5.37. The predicted octanol–water partition coefficient (Wildman–Crippen LogP) is 3.43. The van der Waals surface area contributed by atoms with Crippen LogP contribution in [0.2, 0.25) is 0 Å². The van der Waals surface area contributed by atoms with Crippen LogP contribution in [-0.2, 0) is 20.0 Å². The van der Waals surface area contributed by atoms with E-state index in [0.29, 0.717) is 22.9 Å². The fourth-order valence-corrected chi connectivity index (χ4v) is 7.66. The second-order valence-electron chi connectivity index (χ2n) is 8.92. The molecule has 0 heterocycles. The minimum absolute atomic E-state index is 0.128. The van der Waals surface area contributed by atoms with Gasteiger partial charge in [0.15, 0.2) is 0 Å². The maximum Gasteiger partial charge on any atom is 0.241 e. The van der Waals surface area contributed by atoms with Crippen molar-refractivity contribution < 1.29 is 16.8 Å². The lowest BCUT2D eigenvalue weighted by atomic mass is 10.1. The highest BCUT2D eigenvalue weighted by Crippen LogP contribution is 2.38. The zero-order valence-electron chi connectivity index (χ0n) is 19.0. The number of rotatable bonds is 8. The van der Waals surface area contributed by atoms with Gasteiger partial charge in [0, 0.05) is 13.1 Å². The Morgan fingerprint density at radius 2 is 0.935 bits per heavy atom. The predicted molar refractivity (Wildman–Crippen MR) is 123 cm³/mol. The smallest absolute Gasteiger partial charge is 0.211 e. The number of nitrogens with one attached hydrogen (secondary N) is 2. The van der Waals surface area contributed by atoms with Crippen LogP contribution in [0.4, 0.5) is 0 Å². The molecular weight excluding hydrogens is 432 g/mol. The summed E-state index contributed by atoms with van der Waals surface area (Å²) in [5.74, 6) is 0.257. The van der Waals surface area contributed by atoms with Crippen molar-refractivity contribution in [3.63, 3.8) is 0 Å². The molecule has 1 fully saturated rings. The van der Waals surface area contributed by atoms with Gasteiger partial charge >= 0.3 is 0 Å². The van der Waals surface area contributed by atoms with E-state index in [9.17, 15) is 16.8 Å². The molecule has 0 bridgehead atoms. The van der Waals surface area contributed by atoms with E-state index in [2.05, 4.69) is 9.44 Å². The summed E-state index contributed by atoms with van der Waals surface area (Å²) in [6.07, 6.45) is 0.794. The Labute approximate surface area is 186 Å². The van der Waals surface area contributed by atoms with Crippen LogP contribution in [0.3, 0.4) is 0 Å². The number of aryl methyl sites for hydroxylation is 6. The van der Waals surface area contributed by atoms with Crippen LogP contribution in [0.1, 0.15) is 39.8 Å². The molecule has 0 radical (unpaired) electrons. The van der Waals surface area contributed by atoms with Crippen molar-refractivity contribution in [3.8, 4) is 0 Å². The Morgan fingerprint density at radius 1 is 0.645 bits per heavy atom. The first kappa shape index (κ1) is 23.9. The SMILES string of the molecule is Cc1cc(C)c(S(=O)(=O)NC[C@@H]2C[C@H]2CNS(=O)(=O)c2c(C)cc(C)cc2C)c(C)c1. The first-order valence-electron chi connectivity index (χ1n) is 10.5. The largest absolute Gasteiger partial charge is 0.241 e. The fraction of sp³-hybridized carbons (Fsp3) is 0.478. The summed E-state index contributed by atoms with van der Waals surface area (Å²) >= 11 is 0. The molecule has 170 valence electrons. The summed E-state index contributed by atoms with van der Waals surface area (Å²) in [4.78, 5) is 0.669. The molecule has 0 aromatic heterocycles. The van der Waals surface area contributed by atoms with Gasteiger partial charge in [0.1, 0.15) is 0 Å². The van der Waals surface area contributed by atoms with E-state index in [1.807, 2.05) is 38.1 Å². The first-order valence-corrected chi connectivity index (χ1v) is 13.4. The number of sulfonamides is 2. The highest BCUT2D eigenvalue weighted by molar-refractivity contribution is 7.89. The molecule has 1 saturated carbocycles. The van der Waals surface area contributed by atoms with Gasteiger partial charge in [-0.3, -0.25) is 0 Å². The second kappa shape index (κ2) is 8.65. The van der Waals surface area contributed by atoms with Gasteiger partial charge in [0.2, 0.25) is 20.0 Å². The molecule has 2 aromatic rings. The van der Waals surface area contributed by atoms with Crippen LogP contribution in [0.25, 0.3) is 0 Å². The molecule has 2 aromatic carbocycles. The topological polar surface area (TPSA) is 92.3 Å². The average molecular weight is 465 g/mol. The third-order valence-corrected chi connectivity index (χ3v) is 9.34. The molecule has 8 heteroatoms. The Balaban J connectivity index is 1.59. The molecule has 31 heavy (non-hydrogen) atoms. The highest BCUT2D eigenvalue weighted by Gasteiger charge is 2.38. The maximum atomic E-state index is 12.8. The summed E-state index contributed by atoms with van der Waals surface area (Å²) < 4.78 is 56.7. The lowest BCUT2D eigenvalue weighted by Crippen LogP contribution is -2.30. The van der Waals surface area contributed by atoms with E-state index in [1.54, 1.807) is 27.7 Å². The van der Waals surface area contributed by atoms with Gasteiger partial charge in [-0.2, -0.15) is 0 Å². The van der Waals surface area contributed by atoms with Crippen molar-refractivity contribution in [2.75, 3.05) is 13.1 Å².